The summed E-state index contributed by atoms with van der Waals surface area (Å²) in [6.45, 7) is 5.68. The number of thioether (sulfide) groups is 1. The van der Waals surface area contributed by atoms with E-state index in [1.165, 1.54) is 0 Å². The molecule has 0 unspecified atom stereocenters. The van der Waals surface area contributed by atoms with Crippen molar-refractivity contribution in [3.8, 4) is 0 Å². The first-order valence-electron chi connectivity index (χ1n) is 4.31. The Balaban J connectivity index is 2.32. The Kier molecular flexibility index (Phi) is 4.32. The van der Waals surface area contributed by atoms with E-state index in [1.807, 2.05) is 20.1 Å². The van der Waals surface area contributed by atoms with E-state index in [9.17, 15) is 0 Å². The third kappa shape index (κ3) is 3.40. The lowest BCUT2D eigenvalue weighted by atomic mass is 10.5. The van der Waals surface area contributed by atoms with Crippen LogP contribution in [-0.2, 0) is 11.3 Å². The van der Waals surface area contributed by atoms with Gasteiger partial charge < -0.3 is 9.30 Å². The van der Waals surface area contributed by atoms with Crippen LogP contribution < -0.4 is 0 Å². The van der Waals surface area contributed by atoms with Crippen LogP contribution in [0.25, 0.3) is 0 Å². The molecule has 0 radical (unpaired) electrons. The van der Waals surface area contributed by atoms with Crippen molar-refractivity contribution < 1.29 is 4.74 Å². The molecule has 0 saturated carbocycles. The number of hydrogen-bond acceptors (Lipinski definition) is 3. The molecule has 74 valence electrons. The summed E-state index contributed by atoms with van der Waals surface area (Å²) in [6.07, 6.45) is 4.09. The fraction of sp³-hybridized carbons (Fsp3) is 0.667. The van der Waals surface area contributed by atoms with Crippen LogP contribution in [0.4, 0.5) is 0 Å². The minimum atomic E-state index is 0.761. The molecule has 1 aromatic heterocycles. The van der Waals surface area contributed by atoms with E-state index in [2.05, 4.69) is 15.7 Å². The van der Waals surface area contributed by atoms with Gasteiger partial charge in [0.15, 0.2) is 0 Å². The van der Waals surface area contributed by atoms with Crippen LogP contribution in [-0.4, -0.2) is 28.4 Å². The van der Waals surface area contributed by atoms with Gasteiger partial charge in [-0.3, -0.25) is 0 Å². The maximum Gasteiger partial charge on any atom is 0.105 e. The Morgan fingerprint density at radius 1 is 1.54 bits per heavy atom. The van der Waals surface area contributed by atoms with Crippen LogP contribution in [0.3, 0.4) is 0 Å². The van der Waals surface area contributed by atoms with E-state index >= 15 is 0 Å². The SMILES string of the molecule is CSCOCCn1cc(C)nc1C. The maximum absolute atomic E-state index is 5.37. The molecule has 0 aliphatic rings. The number of rotatable bonds is 5. The lowest BCUT2D eigenvalue weighted by Crippen LogP contribution is -2.06. The first-order chi connectivity index (χ1) is 6.24. The van der Waals surface area contributed by atoms with Gasteiger partial charge in [-0.2, -0.15) is 0 Å². The highest BCUT2D eigenvalue weighted by Crippen LogP contribution is 2.01. The van der Waals surface area contributed by atoms with Crippen molar-refractivity contribution >= 4 is 11.8 Å². The summed E-state index contributed by atoms with van der Waals surface area (Å²) in [5.41, 5.74) is 1.07. The standard InChI is InChI=1S/C9H16N2OS/c1-8-6-11(9(2)10-8)4-5-12-7-13-3/h6H,4-5,7H2,1-3H3. The zero-order chi connectivity index (χ0) is 9.68. The first kappa shape index (κ1) is 10.6. The molecule has 1 heterocycles. The zero-order valence-corrected chi connectivity index (χ0v) is 9.23. The van der Waals surface area contributed by atoms with Crippen molar-refractivity contribution in [1.29, 1.82) is 0 Å². The maximum atomic E-state index is 5.37. The number of aromatic nitrogens is 2. The lowest BCUT2D eigenvalue weighted by Gasteiger charge is -2.04. The summed E-state index contributed by atoms with van der Waals surface area (Å²) in [6, 6.07) is 0. The summed E-state index contributed by atoms with van der Waals surface area (Å²) in [4.78, 5) is 4.31. The van der Waals surface area contributed by atoms with Gasteiger partial charge in [-0.05, 0) is 20.1 Å². The summed E-state index contributed by atoms with van der Waals surface area (Å²) in [7, 11) is 0. The van der Waals surface area contributed by atoms with E-state index in [-0.39, 0.29) is 0 Å². The molecule has 0 aliphatic carbocycles. The van der Waals surface area contributed by atoms with Gasteiger partial charge in [0.2, 0.25) is 0 Å². The van der Waals surface area contributed by atoms with E-state index in [0.717, 1.165) is 30.6 Å². The molecule has 3 nitrogen and oxygen atoms in total. The van der Waals surface area contributed by atoms with Gasteiger partial charge in [0.05, 0.1) is 18.2 Å². The highest BCUT2D eigenvalue weighted by molar-refractivity contribution is 7.98. The number of imidazole rings is 1. The fourth-order valence-corrected chi connectivity index (χ4v) is 1.48. The smallest absolute Gasteiger partial charge is 0.105 e. The van der Waals surface area contributed by atoms with Gasteiger partial charge in [-0.15, -0.1) is 11.8 Å². The molecule has 0 N–H and O–H groups in total. The molecule has 0 bridgehead atoms. The fourth-order valence-electron chi connectivity index (χ4n) is 1.20. The molecule has 1 aromatic rings. The Labute approximate surface area is 83.5 Å². The van der Waals surface area contributed by atoms with Crippen LogP contribution in [0.15, 0.2) is 6.20 Å². The minimum Gasteiger partial charge on any atom is -0.369 e. The molecule has 0 saturated heterocycles. The van der Waals surface area contributed by atoms with Gasteiger partial charge in [0.1, 0.15) is 5.82 Å². The Morgan fingerprint density at radius 3 is 2.85 bits per heavy atom. The molecule has 13 heavy (non-hydrogen) atoms. The number of ether oxygens (including phenoxy) is 1. The summed E-state index contributed by atoms with van der Waals surface area (Å²) < 4.78 is 7.49. The number of hydrogen-bond donors (Lipinski definition) is 0. The van der Waals surface area contributed by atoms with E-state index < -0.39 is 0 Å². The van der Waals surface area contributed by atoms with Crippen LogP contribution in [0, 0.1) is 13.8 Å². The average Bonchev–Trinajstić information content (AvgIpc) is 2.39. The van der Waals surface area contributed by atoms with E-state index in [1.54, 1.807) is 11.8 Å². The first-order valence-corrected chi connectivity index (χ1v) is 5.70. The Morgan fingerprint density at radius 2 is 2.31 bits per heavy atom. The van der Waals surface area contributed by atoms with Crippen molar-refractivity contribution in [1.82, 2.24) is 9.55 Å². The normalized spacial score (nSPS) is 10.7. The monoisotopic (exact) mass is 200 g/mol. The second kappa shape index (κ2) is 5.29. The molecule has 0 amide bonds. The zero-order valence-electron chi connectivity index (χ0n) is 8.41. The predicted molar refractivity (Wildman–Crippen MR) is 56.0 cm³/mol. The van der Waals surface area contributed by atoms with Crippen LogP contribution in [0.1, 0.15) is 11.5 Å². The highest BCUT2D eigenvalue weighted by atomic mass is 32.2. The molecule has 1 rings (SSSR count). The minimum absolute atomic E-state index is 0.761. The summed E-state index contributed by atoms with van der Waals surface area (Å²) in [5, 5.41) is 0. The van der Waals surface area contributed by atoms with Gasteiger partial charge in [0, 0.05) is 12.7 Å². The molecule has 0 spiro atoms. The average molecular weight is 200 g/mol. The number of nitrogens with zero attached hydrogens (tertiary/aromatic N) is 2. The second-order valence-electron chi connectivity index (χ2n) is 2.94. The number of aryl methyl sites for hydroxylation is 2. The quantitative estimate of drug-likeness (QED) is 0.536. The lowest BCUT2D eigenvalue weighted by molar-refractivity contribution is 0.172. The molecular weight excluding hydrogens is 184 g/mol. The topological polar surface area (TPSA) is 27.1 Å². The van der Waals surface area contributed by atoms with Gasteiger partial charge in [0.25, 0.3) is 0 Å². The van der Waals surface area contributed by atoms with E-state index in [0.29, 0.717) is 0 Å². The van der Waals surface area contributed by atoms with Crippen molar-refractivity contribution in [2.45, 2.75) is 20.4 Å². The predicted octanol–water partition coefficient (Wildman–Crippen LogP) is 1.84. The third-order valence-corrected chi connectivity index (χ3v) is 2.18. The van der Waals surface area contributed by atoms with Crippen molar-refractivity contribution in [3.05, 3.63) is 17.7 Å². The van der Waals surface area contributed by atoms with Gasteiger partial charge >= 0.3 is 0 Å². The molecular formula is C9H16N2OS. The van der Waals surface area contributed by atoms with Gasteiger partial charge in [-0.1, -0.05) is 0 Å². The van der Waals surface area contributed by atoms with Crippen molar-refractivity contribution in [2.75, 3.05) is 18.8 Å². The van der Waals surface area contributed by atoms with Crippen LogP contribution >= 0.6 is 11.8 Å². The van der Waals surface area contributed by atoms with Crippen molar-refractivity contribution in [2.24, 2.45) is 0 Å². The van der Waals surface area contributed by atoms with Crippen LogP contribution in [0.2, 0.25) is 0 Å². The third-order valence-electron chi connectivity index (χ3n) is 1.77. The molecule has 0 aromatic carbocycles. The van der Waals surface area contributed by atoms with Gasteiger partial charge in [-0.25, -0.2) is 4.98 Å². The summed E-state index contributed by atoms with van der Waals surface area (Å²) >= 11 is 1.70. The van der Waals surface area contributed by atoms with E-state index in [4.69, 9.17) is 4.74 Å². The largest absolute Gasteiger partial charge is 0.369 e. The molecule has 4 heteroatoms. The van der Waals surface area contributed by atoms with Crippen molar-refractivity contribution in [3.63, 3.8) is 0 Å². The Hall–Kier alpha value is -0.480. The van der Waals surface area contributed by atoms with Crippen LogP contribution in [0.5, 0.6) is 0 Å². The second-order valence-corrected chi connectivity index (χ2v) is 3.75. The summed E-state index contributed by atoms with van der Waals surface area (Å²) in [5.74, 6) is 1.83. The molecule has 0 atom stereocenters. The highest BCUT2D eigenvalue weighted by Gasteiger charge is 1.99. The Bertz CT molecular complexity index is 260. The molecule has 0 fully saturated rings. The molecule has 0 aliphatic heterocycles.